The number of benzene rings is 1. The van der Waals surface area contributed by atoms with E-state index in [0.717, 1.165) is 16.9 Å². The molecule has 0 aliphatic carbocycles. The fourth-order valence-corrected chi connectivity index (χ4v) is 1.70. The first kappa shape index (κ1) is 12.1. The summed E-state index contributed by atoms with van der Waals surface area (Å²) in [6, 6.07) is 7.55. The van der Waals surface area contributed by atoms with Gasteiger partial charge in [-0.15, -0.1) is 5.10 Å². The SMILES string of the molecule is CN(Cc1cn(C)nn1)c1ccc(C(=N)N)cc1. The van der Waals surface area contributed by atoms with Gasteiger partial charge in [-0.3, -0.25) is 10.1 Å². The maximum absolute atomic E-state index is 7.34. The topological polar surface area (TPSA) is 83.8 Å². The summed E-state index contributed by atoms with van der Waals surface area (Å²) in [6.45, 7) is 0.688. The molecule has 1 aromatic carbocycles. The Bertz CT molecular complexity index is 542. The molecule has 0 radical (unpaired) electrons. The Morgan fingerprint density at radius 1 is 1.39 bits per heavy atom. The van der Waals surface area contributed by atoms with E-state index in [2.05, 4.69) is 15.2 Å². The Hall–Kier alpha value is -2.37. The van der Waals surface area contributed by atoms with Gasteiger partial charge in [0.2, 0.25) is 0 Å². The molecular weight excluding hydrogens is 228 g/mol. The summed E-state index contributed by atoms with van der Waals surface area (Å²) in [6.07, 6.45) is 1.89. The highest BCUT2D eigenvalue weighted by Crippen LogP contribution is 2.15. The van der Waals surface area contributed by atoms with E-state index in [-0.39, 0.29) is 5.84 Å². The summed E-state index contributed by atoms with van der Waals surface area (Å²) in [4.78, 5) is 2.06. The standard InChI is InChI=1S/C12H16N6/c1-17(7-10-8-18(2)16-15-10)11-5-3-9(4-6-11)12(13)14/h3-6,8H,7H2,1-2H3,(H3,13,14). The summed E-state index contributed by atoms with van der Waals surface area (Å²) in [7, 11) is 3.83. The summed E-state index contributed by atoms with van der Waals surface area (Å²) in [5.74, 6) is 0.0816. The molecule has 2 rings (SSSR count). The van der Waals surface area contributed by atoms with Gasteiger partial charge in [0, 0.05) is 31.5 Å². The predicted octanol–water partition coefficient (Wildman–Crippen LogP) is 0.736. The van der Waals surface area contributed by atoms with Crippen LogP contribution in [0.2, 0.25) is 0 Å². The van der Waals surface area contributed by atoms with E-state index in [1.165, 1.54) is 0 Å². The van der Waals surface area contributed by atoms with Gasteiger partial charge in [0.15, 0.2) is 0 Å². The minimum atomic E-state index is 0.0816. The highest BCUT2D eigenvalue weighted by atomic mass is 15.4. The van der Waals surface area contributed by atoms with Gasteiger partial charge in [0.25, 0.3) is 0 Å². The van der Waals surface area contributed by atoms with Gasteiger partial charge < -0.3 is 10.6 Å². The van der Waals surface area contributed by atoms with Crippen molar-refractivity contribution in [2.75, 3.05) is 11.9 Å². The molecule has 18 heavy (non-hydrogen) atoms. The van der Waals surface area contributed by atoms with Crippen molar-refractivity contribution in [3.8, 4) is 0 Å². The quantitative estimate of drug-likeness (QED) is 0.613. The molecule has 0 fully saturated rings. The molecule has 1 heterocycles. The largest absolute Gasteiger partial charge is 0.384 e. The fourth-order valence-electron chi connectivity index (χ4n) is 1.70. The van der Waals surface area contributed by atoms with Crippen molar-refractivity contribution in [3.05, 3.63) is 41.7 Å². The van der Waals surface area contributed by atoms with Crippen molar-refractivity contribution < 1.29 is 0 Å². The molecule has 0 aliphatic rings. The molecule has 6 nitrogen and oxygen atoms in total. The van der Waals surface area contributed by atoms with Crippen molar-refractivity contribution in [1.82, 2.24) is 15.0 Å². The number of hydrogen-bond acceptors (Lipinski definition) is 4. The number of nitrogen functional groups attached to an aromatic ring is 1. The molecule has 0 saturated heterocycles. The Kier molecular flexibility index (Phi) is 3.27. The molecule has 0 unspecified atom stereocenters. The molecule has 2 aromatic rings. The third-order valence-corrected chi connectivity index (χ3v) is 2.67. The number of nitrogens with two attached hydrogens (primary N) is 1. The van der Waals surface area contributed by atoms with Gasteiger partial charge in [-0.2, -0.15) is 0 Å². The summed E-state index contributed by atoms with van der Waals surface area (Å²) < 4.78 is 1.68. The van der Waals surface area contributed by atoms with Crippen LogP contribution in [-0.4, -0.2) is 27.9 Å². The van der Waals surface area contributed by atoms with Crippen LogP contribution in [-0.2, 0) is 13.6 Å². The van der Waals surface area contributed by atoms with Crippen molar-refractivity contribution in [2.24, 2.45) is 12.8 Å². The number of rotatable bonds is 4. The zero-order valence-corrected chi connectivity index (χ0v) is 10.5. The van der Waals surface area contributed by atoms with Crippen LogP contribution in [0.25, 0.3) is 0 Å². The maximum atomic E-state index is 7.34. The molecule has 3 N–H and O–H groups in total. The van der Waals surface area contributed by atoms with Gasteiger partial charge >= 0.3 is 0 Å². The van der Waals surface area contributed by atoms with Gasteiger partial charge in [-0.05, 0) is 24.3 Å². The van der Waals surface area contributed by atoms with Crippen LogP contribution in [0.4, 0.5) is 5.69 Å². The van der Waals surface area contributed by atoms with Crippen LogP contribution in [0, 0.1) is 5.41 Å². The number of anilines is 1. The van der Waals surface area contributed by atoms with E-state index >= 15 is 0 Å². The zero-order chi connectivity index (χ0) is 13.1. The van der Waals surface area contributed by atoms with Gasteiger partial charge in [-0.25, -0.2) is 0 Å². The third-order valence-electron chi connectivity index (χ3n) is 2.67. The lowest BCUT2D eigenvalue weighted by atomic mass is 10.2. The molecule has 0 saturated carbocycles. The van der Waals surface area contributed by atoms with Crippen molar-refractivity contribution in [3.63, 3.8) is 0 Å². The summed E-state index contributed by atoms with van der Waals surface area (Å²) in [5, 5.41) is 15.3. The highest BCUT2D eigenvalue weighted by Gasteiger charge is 2.05. The molecule has 0 aliphatic heterocycles. The smallest absolute Gasteiger partial charge is 0.122 e. The van der Waals surface area contributed by atoms with Crippen LogP contribution < -0.4 is 10.6 Å². The number of hydrogen-bond donors (Lipinski definition) is 2. The first-order chi connectivity index (χ1) is 8.56. The second-order valence-corrected chi connectivity index (χ2v) is 4.20. The Morgan fingerprint density at radius 3 is 2.56 bits per heavy atom. The molecule has 0 amide bonds. The average Bonchev–Trinajstić information content (AvgIpc) is 2.75. The molecule has 6 heteroatoms. The number of aromatic nitrogens is 3. The fraction of sp³-hybridized carbons (Fsp3) is 0.250. The predicted molar refractivity (Wildman–Crippen MR) is 70.6 cm³/mol. The lowest BCUT2D eigenvalue weighted by Crippen LogP contribution is -2.17. The van der Waals surface area contributed by atoms with Crippen LogP contribution in [0.5, 0.6) is 0 Å². The second kappa shape index (κ2) is 4.87. The average molecular weight is 244 g/mol. The number of nitrogens with zero attached hydrogens (tertiary/aromatic N) is 4. The van der Waals surface area contributed by atoms with Crippen molar-refractivity contribution in [2.45, 2.75) is 6.54 Å². The first-order valence-electron chi connectivity index (χ1n) is 5.57. The van der Waals surface area contributed by atoms with E-state index in [0.29, 0.717) is 6.54 Å². The van der Waals surface area contributed by atoms with Crippen LogP contribution in [0.1, 0.15) is 11.3 Å². The monoisotopic (exact) mass is 244 g/mol. The van der Waals surface area contributed by atoms with Crippen LogP contribution >= 0.6 is 0 Å². The van der Waals surface area contributed by atoms with E-state index in [1.54, 1.807) is 4.68 Å². The maximum Gasteiger partial charge on any atom is 0.122 e. The molecule has 0 bridgehead atoms. The van der Waals surface area contributed by atoms with Gasteiger partial charge in [0.1, 0.15) is 11.5 Å². The number of amidine groups is 1. The highest BCUT2D eigenvalue weighted by molar-refractivity contribution is 5.95. The van der Waals surface area contributed by atoms with E-state index < -0.39 is 0 Å². The summed E-state index contributed by atoms with van der Waals surface area (Å²) in [5.41, 5.74) is 8.10. The molecular formula is C12H16N6. The lowest BCUT2D eigenvalue weighted by Gasteiger charge is -2.17. The minimum absolute atomic E-state index is 0.0816. The summed E-state index contributed by atoms with van der Waals surface area (Å²) >= 11 is 0. The normalized spacial score (nSPS) is 10.3. The molecule has 94 valence electrons. The van der Waals surface area contributed by atoms with E-state index in [1.807, 2.05) is 44.6 Å². The van der Waals surface area contributed by atoms with E-state index in [9.17, 15) is 0 Å². The van der Waals surface area contributed by atoms with Crippen LogP contribution in [0.15, 0.2) is 30.5 Å². The van der Waals surface area contributed by atoms with Crippen molar-refractivity contribution >= 4 is 11.5 Å². The Balaban J connectivity index is 2.09. The molecule has 0 spiro atoms. The second-order valence-electron chi connectivity index (χ2n) is 4.20. The third kappa shape index (κ3) is 2.65. The molecule has 0 atom stereocenters. The Labute approximate surface area is 106 Å². The van der Waals surface area contributed by atoms with Gasteiger partial charge in [-0.1, -0.05) is 5.21 Å². The van der Waals surface area contributed by atoms with E-state index in [4.69, 9.17) is 11.1 Å². The first-order valence-corrected chi connectivity index (χ1v) is 5.57. The van der Waals surface area contributed by atoms with Gasteiger partial charge in [0.05, 0.1) is 6.54 Å². The molecule has 1 aromatic heterocycles. The minimum Gasteiger partial charge on any atom is -0.384 e. The van der Waals surface area contributed by atoms with Crippen LogP contribution in [0.3, 0.4) is 0 Å². The number of aryl methyl sites for hydroxylation is 1. The Morgan fingerprint density at radius 2 is 2.06 bits per heavy atom. The van der Waals surface area contributed by atoms with Crippen molar-refractivity contribution in [1.29, 1.82) is 5.41 Å². The lowest BCUT2D eigenvalue weighted by molar-refractivity contribution is 0.712. The zero-order valence-electron chi connectivity index (χ0n) is 10.5. The number of nitrogens with one attached hydrogen (secondary N) is 1.